The van der Waals surface area contributed by atoms with Gasteiger partial charge in [0, 0.05) is 16.9 Å². The Morgan fingerprint density at radius 3 is 2.30 bits per heavy atom. The third-order valence-electron chi connectivity index (χ3n) is 2.81. The summed E-state index contributed by atoms with van der Waals surface area (Å²) in [6.07, 6.45) is -4.73. The van der Waals surface area contributed by atoms with Crippen LogP contribution in [-0.2, 0) is 0 Å². The number of alkyl halides is 4. The molecule has 0 saturated carbocycles. The molecule has 0 aromatic heterocycles. The van der Waals surface area contributed by atoms with Gasteiger partial charge in [-0.1, -0.05) is 22.9 Å². The van der Waals surface area contributed by atoms with Gasteiger partial charge in [0.25, 0.3) is 5.91 Å². The van der Waals surface area contributed by atoms with Crippen LogP contribution >= 0.6 is 15.9 Å². The molecule has 0 fully saturated rings. The minimum atomic E-state index is -4.73. The minimum Gasteiger partial charge on any atom is -0.406 e. The number of rotatable bonds is 5. The fraction of sp³-hybridized carbons (Fsp3) is 0.462. The molecule has 1 rings (SSSR count). The summed E-state index contributed by atoms with van der Waals surface area (Å²) in [6.45, 7) is 3.84. The van der Waals surface area contributed by atoms with E-state index in [0.29, 0.717) is 0 Å². The lowest BCUT2D eigenvalue weighted by atomic mass is 10.1. The van der Waals surface area contributed by atoms with Crippen molar-refractivity contribution in [3.8, 4) is 5.75 Å². The van der Waals surface area contributed by atoms with E-state index in [4.69, 9.17) is 0 Å². The van der Waals surface area contributed by atoms with Crippen molar-refractivity contribution in [3.05, 3.63) is 29.8 Å². The lowest BCUT2D eigenvalue weighted by Gasteiger charge is -2.19. The molecule has 20 heavy (non-hydrogen) atoms. The smallest absolute Gasteiger partial charge is 0.406 e. The van der Waals surface area contributed by atoms with Crippen molar-refractivity contribution in [3.63, 3.8) is 0 Å². The highest BCUT2D eigenvalue weighted by molar-refractivity contribution is 9.09. The summed E-state index contributed by atoms with van der Waals surface area (Å²) in [7, 11) is 0. The van der Waals surface area contributed by atoms with Gasteiger partial charge in [0.1, 0.15) is 5.75 Å². The molecule has 0 saturated heterocycles. The zero-order chi connectivity index (χ0) is 15.3. The van der Waals surface area contributed by atoms with Gasteiger partial charge in [-0.25, -0.2) is 0 Å². The van der Waals surface area contributed by atoms with Crippen molar-refractivity contribution in [1.82, 2.24) is 5.32 Å². The molecule has 2 atom stereocenters. The van der Waals surface area contributed by atoms with Crippen molar-refractivity contribution in [2.24, 2.45) is 5.92 Å². The summed E-state index contributed by atoms with van der Waals surface area (Å²) >= 11 is 3.32. The largest absolute Gasteiger partial charge is 0.573 e. The highest BCUT2D eigenvalue weighted by Crippen LogP contribution is 2.22. The maximum Gasteiger partial charge on any atom is 0.573 e. The molecule has 0 spiro atoms. The summed E-state index contributed by atoms with van der Waals surface area (Å²) in [5.41, 5.74) is 0.285. The standard InChI is InChI=1S/C13H15BrF3NO2/c1-8(7-14)9(2)18-12(19)10-3-5-11(6-4-10)20-13(15,16)17/h3-6,8-9H,7H2,1-2H3,(H,18,19). The topological polar surface area (TPSA) is 38.3 Å². The summed E-state index contributed by atoms with van der Waals surface area (Å²) < 4.78 is 39.7. The second-order valence-corrected chi connectivity index (χ2v) is 5.11. The Bertz CT molecular complexity index is 448. The van der Waals surface area contributed by atoms with Gasteiger partial charge < -0.3 is 10.1 Å². The predicted molar refractivity (Wildman–Crippen MR) is 73.0 cm³/mol. The molecule has 0 heterocycles. The Hall–Kier alpha value is -1.24. The molecule has 0 aliphatic rings. The third-order valence-corrected chi connectivity index (χ3v) is 3.83. The molecule has 1 aromatic carbocycles. The molecule has 0 bridgehead atoms. The second-order valence-electron chi connectivity index (χ2n) is 4.47. The molecular weight excluding hydrogens is 339 g/mol. The van der Waals surface area contributed by atoms with Crippen LogP contribution in [0.4, 0.5) is 13.2 Å². The van der Waals surface area contributed by atoms with Crippen molar-refractivity contribution in [2.75, 3.05) is 5.33 Å². The van der Waals surface area contributed by atoms with Crippen LogP contribution in [0.2, 0.25) is 0 Å². The number of nitrogens with one attached hydrogen (secondary N) is 1. The zero-order valence-corrected chi connectivity index (χ0v) is 12.6. The Kier molecular flexibility index (Phi) is 5.86. The zero-order valence-electron chi connectivity index (χ0n) is 11.0. The molecule has 0 aliphatic carbocycles. The molecule has 3 nitrogen and oxygen atoms in total. The molecule has 7 heteroatoms. The Morgan fingerprint density at radius 2 is 1.85 bits per heavy atom. The van der Waals surface area contributed by atoms with Crippen LogP contribution in [0.1, 0.15) is 24.2 Å². The van der Waals surface area contributed by atoms with Crippen molar-refractivity contribution < 1.29 is 22.7 Å². The SMILES string of the molecule is CC(CBr)C(C)NC(=O)c1ccc(OC(F)(F)F)cc1. The van der Waals surface area contributed by atoms with Crippen LogP contribution in [0.15, 0.2) is 24.3 Å². The van der Waals surface area contributed by atoms with Crippen LogP contribution in [0.3, 0.4) is 0 Å². The van der Waals surface area contributed by atoms with Gasteiger partial charge in [-0.3, -0.25) is 4.79 Å². The number of ether oxygens (including phenoxy) is 1. The first-order valence-electron chi connectivity index (χ1n) is 5.95. The van der Waals surface area contributed by atoms with Crippen LogP contribution in [0.5, 0.6) is 5.75 Å². The molecule has 1 aromatic rings. The first-order valence-corrected chi connectivity index (χ1v) is 7.07. The molecule has 1 amide bonds. The number of carbonyl (C=O) groups is 1. The van der Waals surface area contributed by atoms with E-state index >= 15 is 0 Å². The Morgan fingerprint density at radius 1 is 1.30 bits per heavy atom. The second kappa shape index (κ2) is 6.97. The van der Waals surface area contributed by atoms with E-state index in [9.17, 15) is 18.0 Å². The van der Waals surface area contributed by atoms with E-state index in [-0.39, 0.29) is 29.2 Å². The van der Waals surface area contributed by atoms with Crippen LogP contribution in [0, 0.1) is 5.92 Å². The summed E-state index contributed by atoms with van der Waals surface area (Å²) in [6, 6.07) is 4.76. The number of hydrogen-bond donors (Lipinski definition) is 1. The average Bonchev–Trinajstić information content (AvgIpc) is 2.36. The highest BCUT2D eigenvalue weighted by atomic mass is 79.9. The molecule has 0 radical (unpaired) electrons. The van der Waals surface area contributed by atoms with E-state index in [1.165, 1.54) is 12.1 Å². The third kappa shape index (κ3) is 5.40. The van der Waals surface area contributed by atoms with Gasteiger partial charge in [0.15, 0.2) is 0 Å². The van der Waals surface area contributed by atoms with Crippen LogP contribution < -0.4 is 10.1 Å². The summed E-state index contributed by atoms with van der Waals surface area (Å²) in [5.74, 6) is -0.438. The van der Waals surface area contributed by atoms with E-state index < -0.39 is 6.36 Å². The maximum atomic E-state index is 12.0. The van der Waals surface area contributed by atoms with Crippen LogP contribution in [-0.4, -0.2) is 23.6 Å². The first-order chi connectivity index (χ1) is 9.23. The van der Waals surface area contributed by atoms with Crippen molar-refractivity contribution >= 4 is 21.8 Å². The molecular formula is C13H15BrF3NO2. The van der Waals surface area contributed by atoms with Gasteiger partial charge in [-0.05, 0) is 37.1 Å². The number of amides is 1. The van der Waals surface area contributed by atoms with Gasteiger partial charge in [0.2, 0.25) is 0 Å². The quantitative estimate of drug-likeness (QED) is 0.819. The Balaban J connectivity index is 2.66. The summed E-state index contributed by atoms with van der Waals surface area (Å²) in [4.78, 5) is 11.9. The van der Waals surface area contributed by atoms with E-state index in [1.54, 1.807) is 0 Å². The number of halogens is 4. The average molecular weight is 354 g/mol. The lowest BCUT2D eigenvalue weighted by molar-refractivity contribution is -0.274. The van der Waals surface area contributed by atoms with E-state index in [1.807, 2.05) is 13.8 Å². The highest BCUT2D eigenvalue weighted by Gasteiger charge is 2.31. The molecule has 2 unspecified atom stereocenters. The molecule has 1 N–H and O–H groups in total. The minimum absolute atomic E-state index is 0.0482. The van der Waals surface area contributed by atoms with E-state index in [0.717, 1.165) is 17.5 Å². The monoisotopic (exact) mass is 353 g/mol. The maximum absolute atomic E-state index is 12.0. The molecule has 112 valence electrons. The van der Waals surface area contributed by atoms with Gasteiger partial charge >= 0.3 is 6.36 Å². The number of benzene rings is 1. The van der Waals surface area contributed by atoms with Gasteiger partial charge in [-0.2, -0.15) is 0 Å². The van der Waals surface area contributed by atoms with Crippen LogP contribution in [0.25, 0.3) is 0 Å². The Labute approximate surface area is 123 Å². The first kappa shape index (κ1) is 16.8. The number of carbonyl (C=O) groups excluding carboxylic acids is 1. The lowest BCUT2D eigenvalue weighted by Crippen LogP contribution is -2.37. The van der Waals surface area contributed by atoms with Gasteiger partial charge in [-0.15, -0.1) is 13.2 Å². The fourth-order valence-corrected chi connectivity index (χ4v) is 1.93. The fourth-order valence-electron chi connectivity index (χ4n) is 1.37. The normalized spacial score (nSPS) is 14.5. The van der Waals surface area contributed by atoms with E-state index in [2.05, 4.69) is 26.0 Å². The number of hydrogen-bond acceptors (Lipinski definition) is 2. The van der Waals surface area contributed by atoms with Crippen molar-refractivity contribution in [2.45, 2.75) is 26.3 Å². The molecule has 0 aliphatic heterocycles. The predicted octanol–water partition coefficient (Wildman–Crippen LogP) is 3.73. The van der Waals surface area contributed by atoms with Gasteiger partial charge in [0.05, 0.1) is 0 Å². The summed E-state index contributed by atoms with van der Waals surface area (Å²) in [5, 5.41) is 3.53. The van der Waals surface area contributed by atoms with Crippen molar-refractivity contribution in [1.29, 1.82) is 0 Å².